The summed E-state index contributed by atoms with van der Waals surface area (Å²) in [6, 6.07) is 4.90. The number of alkyl halides is 3. The highest BCUT2D eigenvalue weighted by atomic mass is 31.2. The summed E-state index contributed by atoms with van der Waals surface area (Å²) in [5.74, 6) is -0.278. The number of piperidine rings is 1. The Morgan fingerprint density at radius 1 is 1.28 bits per heavy atom. The lowest BCUT2D eigenvalue weighted by molar-refractivity contribution is -0.274. The molecular formula is C19H29F3N3O3P. The van der Waals surface area contributed by atoms with Crippen LogP contribution in [0, 0.1) is 5.92 Å². The van der Waals surface area contributed by atoms with E-state index in [-0.39, 0.29) is 17.3 Å². The number of nitrogens with one attached hydrogen (secondary N) is 2. The van der Waals surface area contributed by atoms with Crippen molar-refractivity contribution in [1.82, 2.24) is 15.3 Å². The lowest BCUT2D eigenvalue weighted by Gasteiger charge is -2.32. The van der Waals surface area contributed by atoms with Crippen LogP contribution in [0.3, 0.4) is 0 Å². The van der Waals surface area contributed by atoms with Crippen LogP contribution >= 0.6 is 8.30 Å². The molecule has 1 fully saturated rings. The first-order valence-electron chi connectivity index (χ1n) is 9.72. The van der Waals surface area contributed by atoms with Crippen molar-refractivity contribution < 1.29 is 27.6 Å². The molecule has 1 aromatic carbocycles. The van der Waals surface area contributed by atoms with E-state index in [1.165, 1.54) is 12.1 Å². The zero-order valence-corrected chi connectivity index (χ0v) is 17.6. The molecule has 1 aliphatic heterocycles. The largest absolute Gasteiger partial charge is 0.573 e. The van der Waals surface area contributed by atoms with Crippen molar-refractivity contribution in [2.45, 2.75) is 38.7 Å². The predicted molar refractivity (Wildman–Crippen MR) is 107 cm³/mol. The van der Waals surface area contributed by atoms with Gasteiger partial charge in [-0.25, -0.2) is 0 Å². The molecule has 3 N–H and O–H groups in total. The van der Waals surface area contributed by atoms with Gasteiger partial charge in [-0.2, -0.15) is 0 Å². The molecule has 0 radical (unpaired) electrons. The number of carbonyl (C=O) groups is 1. The maximum absolute atomic E-state index is 12.2. The van der Waals surface area contributed by atoms with Crippen LogP contribution < -0.4 is 15.1 Å². The maximum atomic E-state index is 12.2. The molecule has 0 bridgehead atoms. The van der Waals surface area contributed by atoms with E-state index in [4.69, 9.17) is 0 Å². The Bertz CT molecular complexity index is 636. The number of hydrogen-bond acceptors (Lipinski definition) is 5. The lowest BCUT2D eigenvalue weighted by Crippen LogP contribution is -2.40. The predicted octanol–water partition coefficient (Wildman–Crippen LogP) is 3.33. The second-order valence-corrected chi connectivity index (χ2v) is 9.45. The zero-order chi connectivity index (χ0) is 21.4. The summed E-state index contributed by atoms with van der Waals surface area (Å²) in [5, 5.41) is 6.02. The van der Waals surface area contributed by atoms with Crippen molar-refractivity contribution in [2.75, 3.05) is 32.7 Å². The third-order valence-corrected chi connectivity index (χ3v) is 6.33. The topological polar surface area (TPSA) is 73.8 Å². The van der Waals surface area contributed by atoms with Gasteiger partial charge in [0.05, 0.1) is 0 Å². The number of ether oxygens (including phenoxy) is 1. The highest BCUT2D eigenvalue weighted by Crippen LogP contribution is 2.30. The summed E-state index contributed by atoms with van der Waals surface area (Å²) in [5.41, 5.74) is 0.543. The number of amides is 1. The Kier molecular flexibility index (Phi) is 9.14. The van der Waals surface area contributed by atoms with E-state index in [9.17, 15) is 22.9 Å². The fraction of sp³-hybridized carbons (Fsp3) is 0.632. The normalized spacial score (nSPS) is 17.3. The molecule has 10 heteroatoms. The third-order valence-electron chi connectivity index (χ3n) is 4.80. The average Bonchev–Trinajstić information content (AvgIpc) is 2.66. The first-order chi connectivity index (χ1) is 13.6. The average molecular weight is 435 g/mol. The number of benzene rings is 1. The SMILES string of the molecule is CC(C)P(O)NCCN1CCC(CNC(=O)c2ccc(OC(F)(F)F)cc2)CC1. The van der Waals surface area contributed by atoms with E-state index in [0.29, 0.717) is 18.0 Å². The van der Waals surface area contributed by atoms with Crippen molar-refractivity contribution in [3.05, 3.63) is 29.8 Å². The summed E-state index contributed by atoms with van der Waals surface area (Å²) in [6.07, 6.45) is -2.81. The second kappa shape index (κ2) is 11.1. The molecule has 1 unspecified atom stereocenters. The van der Waals surface area contributed by atoms with Crippen molar-refractivity contribution >= 4 is 14.2 Å². The first-order valence-corrected chi connectivity index (χ1v) is 11.1. The molecule has 0 saturated carbocycles. The Morgan fingerprint density at radius 3 is 2.45 bits per heavy atom. The molecule has 6 nitrogen and oxygen atoms in total. The Balaban J connectivity index is 1.66. The molecule has 164 valence electrons. The molecule has 1 amide bonds. The molecule has 29 heavy (non-hydrogen) atoms. The van der Waals surface area contributed by atoms with Crippen LogP contribution in [0.25, 0.3) is 0 Å². The lowest BCUT2D eigenvalue weighted by atomic mass is 9.96. The number of rotatable bonds is 9. The Morgan fingerprint density at radius 2 is 1.90 bits per heavy atom. The van der Waals surface area contributed by atoms with E-state index < -0.39 is 14.7 Å². The summed E-state index contributed by atoms with van der Waals surface area (Å²) in [4.78, 5) is 24.4. The molecular weight excluding hydrogens is 406 g/mol. The van der Waals surface area contributed by atoms with Gasteiger partial charge in [-0.05, 0) is 56.1 Å². The van der Waals surface area contributed by atoms with E-state index >= 15 is 0 Å². The van der Waals surface area contributed by atoms with E-state index in [0.717, 1.165) is 51.2 Å². The van der Waals surface area contributed by atoms with Gasteiger partial charge in [0.1, 0.15) is 14.0 Å². The molecule has 1 atom stereocenters. The van der Waals surface area contributed by atoms with E-state index in [2.05, 4.69) is 20.0 Å². The first kappa shape index (κ1) is 23.9. The summed E-state index contributed by atoms with van der Waals surface area (Å²) >= 11 is 0. The minimum Gasteiger partial charge on any atom is -0.406 e. The molecule has 1 heterocycles. The quantitative estimate of drug-likeness (QED) is 0.519. The Hall–Kier alpha value is -1.41. The molecule has 1 aromatic rings. The summed E-state index contributed by atoms with van der Waals surface area (Å²) in [7, 11) is -1.11. The van der Waals surface area contributed by atoms with Crippen LogP contribution in [0.4, 0.5) is 13.2 Å². The van der Waals surface area contributed by atoms with E-state index in [1.54, 1.807) is 0 Å². The van der Waals surface area contributed by atoms with Gasteiger partial charge < -0.3 is 19.8 Å². The van der Waals surface area contributed by atoms with Crippen LogP contribution in [-0.4, -0.2) is 60.4 Å². The molecule has 1 aliphatic rings. The van der Waals surface area contributed by atoms with Gasteiger partial charge in [0.2, 0.25) is 0 Å². The number of likely N-dealkylation sites (tertiary alicyclic amines) is 1. The second-order valence-electron chi connectivity index (χ2n) is 7.41. The van der Waals surface area contributed by atoms with Gasteiger partial charge in [-0.15, -0.1) is 13.2 Å². The van der Waals surface area contributed by atoms with Crippen molar-refractivity contribution in [1.29, 1.82) is 0 Å². The van der Waals surface area contributed by atoms with Crippen LogP contribution in [0.15, 0.2) is 24.3 Å². The standard InChI is InChI=1S/C19H29F3N3O3P/c1-14(2)29(27)24-9-12-25-10-7-15(8-11-25)13-23-18(26)16-3-5-17(6-4-16)28-19(20,21)22/h3-6,14-15,24,27H,7-13H2,1-2H3,(H,23,26). The van der Waals surface area contributed by atoms with Gasteiger partial charge in [-0.3, -0.25) is 9.88 Å². The van der Waals surface area contributed by atoms with Crippen LogP contribution in [0.5, 0.6) is 5.75 Å². The van der Waals surface area contributed by atoms with Gasteiger partial charge in [0.15, 0.2) is 0 Å². The van der Waals surface area contributed by atoms with Gasteiger partial charge >= 0.3 is 6.36 Å². The van der Waals surface area contributed by atoms with Gasteiger partial charge in [-0.1, -0.05) is 13.8 Å². The monoisotopic (exact) mass is 435 g/mol. The zero-order valence-electron chi connectivity index (χ0n) is 16.7. The smallest absolute Gasteiger partial charge is 0.406 e. The number of hydrogen-bond donors (Lipinski definition) is 3. The van der Waals surface area contributed by atoms with Gasteiger partial charge in [0.25, 0.3) is 5.91 Å². The highest BCUT2D eigenvalue weighted by molar-refractivity contribution is 7.50. The Labute approximate surface area is 170 Å². The highest BCUT2D eigenvalue weighted by Gasteiger charge is 2.31. The van der Waals surface area contributed by atoms with Crippen molar-refractivity contribution in [2.24, 2.45) is 5.92 Å². The summed E-state index contributed by atoms with van der Waals surface area (Å²) in [6.45, 7) is 8.05. The van der Waals surface area contributed by atoms with Crippen molar-refractivity contribution in [3.63, 3.8) is 0 Å². The van der Waals surface area contributed by atoms with Crippen LogP contribution in [0.1, 0.15) is 37.0 Å². The van der Waals surface area contributed by atoms with Crippen LogP contribution in [-0.2, 0) is 0 Å². The number of halogens is 3. The molecule has 2 rings (SSSR count). The fourth-order valence-corrected chi connectivity index (χ4v) is 3.76. The maximum Gasteiger partial charge on any atom is 0.573 e. The van der Waals surface area contributed by atoms with Crippen LogP contribution in [0.2, 0.25) is 0 Å². The molecule has 0 spiro atoms. The number of nitrogens with zero attached hydrogens (tertiary/aromatic N) is 1. The fourth-order valence-electron chi connectivity index (χ4n) is 3.07. The molecule has 0 aromatic heterocycles. The van der Waals surface area contributed by atoms with Crippen molar-refractivity contribution in [3.8, 4) is 5.75 Å². The molecule has 0 aliphatic carbocycles. The van der Waals surface area contributed by atoms with Gasteiger partial charge in [0, 0.05) is 30.9 Å². The molecule has 1 saturated heterocycles. The minimum absolute atomic E-state index is 0.243. The summed E-state index contributed by atoms with van der Waals surface area (Å²) < 4.78 is 40.3. The minimum atomic E-state index is -4.75. The van der Waals surface area contributed by atoms with E-state index in [1.807, 2.05) is 13.8 Å². The third kappa shape index (κ3) is 8.86. The number of carbonyl (C=O) groups excluding carboxylic acids is 1.